The molecule has 0 aromatic heterocycles. The maximum atomic E-state index is 8.81. The van der Waals surface area contributed by atoms with Crippen LogP contribution in [0.1, 0.15) is 41.0 Å². The van der Waals surface area contributed by atoms with E-state index in [-0.39, 0.29) is 0 Å². The van der Waals surface area contributed by atoms with Crippen LogP contribution in [0, 0.1) is 0 Å². The Bertz CT molecular complexity index is 93.6. The first-order valence-electron chi connectivity index (χ1n) is 5.87. The molecule has 0 aliphatic rings. The molecule has 0 heterocycles. The highest BCUT2D eigenvalue weighted by atomic mass is 16.5. The third kappa shape index (κ3) is 24.7. The van der Waals surface area contributed by atoms with Gasteiger partial charge < -0.3 is 14.4 Å². The van der Waals surface area contributed by atoms with Gasteiger partial charge in [0.1, 0.15) is 6.29 Å². The van der Waals surface area contributed by atoms with Crippen LogP contribution < -0.4 is 0 Å². The molecule has 0 aliphatic carbocycles. The second-order valence-electron chi connectivity index (χ2n) is 2.61. The van der Waals surface area contributed by atoms with Gasteiger partial charge in [-0.15, -0.1) is 0 Å². The average Bonchev–Trinajstić information content (AvgIpc) is 2.28. The predicted octanol–water partition coefficient (Wildman–Crippen LogP) is 2.60. The lowest BCUT2D eigenvalue weighted by atomic mass is 10.4. The van der Waals surface area contributed by atoms with Crippen LogP contribution >= 0.6 is 0 Å². The van der Waals surface area contributed by atoms with E-state index in [1.54, 1.807) is 7.11 Å². The van der Waals surface area contributed by atoms with Crippen molar-refractivity contribution in [3.8, 4) is 0 Å². The van der Waals surface area contributed by atoms with Gasteiger partial charge in [0.15, 0.2) is 0 Å². The topological polar surface area (TPSA) is 29.5 Å². The summed E-state index contributed by atoms with van der Waals surface area (Å²) in [5, 5.41) is 0. The maximum Gasteiger partial charge on any atom is 0.116 e. The lowest BCUT2D eigenvalue weighted by Gasteiger charge is -2.16. The molecule has 0 spiro atoms. The first kappa shape index (κ1) is 20.1. The quantitative estimate of drug-likeness (QED) is 0.508. The van der Waals surface area contributed by atoms with Gasteiger partial charge in [0.2, 0.25) is 0 Å². The summed E-state index contributed by atoms with van der Waals surface area (Å²) in [5.74, 6) is 0. The molecule has 15 heavy (non-hydrogen) atoms. The standard InChI is InChI=1S/C8H19NO.C2H4O.C2H6/c1-4-9(5-2)7-6-8-10-3;1-2-3;1-2/h4-8H2,1-3H3;2H,1H3;1-2H3. The van der Waals surface area contributed by atoms with Gasteiger partial charge in [-0.1, -0.05) is 27.7 Å². The van der Waals surface area contributed by atoms with Crippen LogP contribution in [0.25, 0.3) is 0 Å². The summed E-state index contributed by atoms with van der Waals surface area (Å²) >= 11 is 0. The van der Waals surface area contributed by atoms with Gasteiger partial charge in [-0.05, 0) is 26.4 Å². The number of carbonyl (C=O) groups excluding carboxylic acids is 1. The third-order valence-corrected chi connectivity index (χ3v) is 1.72. The Morgan fingerprint density at radius 3 is 1.87 bits per heavy atom. The highest BCUT2D eigenvalue weighted by Gasteiger charge is 1.96. The minimum atomic E-state index is 0.750. The summed E-state index contributed by atoms with van der Waals surface area (Å²) in [5.41, 5.74) is 0. The van der Waals surface area contributed by atoms with Crippen LogP contribution in [-0.2, 0) is 9.53 Å². The number of ether oxygens (including phenoxy) is 1. The van der Waals surface area contributed by atoms with E-state index in [4.69, 9.17) is 9.53 Å². The van der Waals surface area contributed by atoms with Crippen molar-refractivity contribution in [2.75, 3.05) is 33.4 Å². The molecule has 0 N–H and O–H groups in total. The first-order chi connectivity index (χ1) is 7.26. The molecular weight excluding hydrogens is 190 g/mol. The van der Waals surface area contributed by atoms with Crippen molar-refractivity contribution in [3.05, 3.63) is 0 Å². The summed E-state index contributed by atoms with van der Waals surface area (Å²) in [6.07, 6.45) is 1.90. The van der Waals surface area contributed by atoms with Gasteiger partial charge >= 0.3 is 0 Å². The zero-order valence-corrected chi connectivity index (χ0v) is 11.4. The molecule has 0 radical (unpaired) electrons. The first-order valence-corrected chi connectivity index (χ1v) is 5.87. The predicted molar refractivity (Wildman–Crippen MR) is 67.4 cm³/mol. The molecule has 0 bridgehead atoms. The van der Waals surface area contributed by atoms with Gasteiger partial charge in [-0.3, -0.25) is 0 Å². The number of hydrogen-bond acceptors (Lipinski definition) is 3. The lowest BCUT2D eigenvalue weighted by Crippen LogP contribution is -2.24. The van der Waals surface area contributed by atoms with Crippen molar-refractivity contribution in [2.24, 2.45) is 0 Å². The largest absolute Gasteiger partial charge is 0.385 e. The van der Waals surface area contributed by atoms with Crippen LogP contribution in [0.3, 0.4) is 0 Å². The van der Waals surface area contributed by atoms with Crippen molar-refractivity contribution in [2.45, 2.75) is 41.0 Å². The van der Waals surface area contributed by atoms with Gasteiger partial charge in [-0.25, -0.2) is 0 Å². The zero-order chi connectivity index (χ0) is 12.5. The van der Waals surface area contributed by atoms with E-state index in [2.05, 4.69) is 18.7 Å². The van der Waals surface area contributed by atoms with Crippen molar-refractivity contribution >= 4 is 6.29 Å². The van der Waals surface area contributed by atoms with Crippen LogP contribution in [0.15, 0.2) is 0 Å². The van der Waals surface area contributed by atoms with Gasteiger partial charge in [0.05, 0.1) is 0 Å². The molecule has 0 aliphatic heterocycles. The van der Waals surface area contributed by atoms with E-state index < -0.39 is 0 Å². The molecule has 3 nitrogen and oxygen atoms in total. The Morgan fingerprint density at radius 2 is 1.60 bits per heavy atom. The lowest BCUT2D eigenvalue weighted by molar-refractivity contribution is -0.106. The van der Waals surface area contributed by atoms with Gasteiger partial charge in [0.25, 0.3) is 0 Å². The number of hydrogen-bond donors (Lipinski definition) is 0. The molecule has 0 rings (SSSR count). The normalized spacial score (nSPS) is 8.47. The Labute approximate surface area is 95.8 Å². The van der Waals surface area contributed by atoms with E-state index in [0.29, 0.717) is 0 Å². The van der Waals surface area contributed by atoms with Crippen molar-refractivity contribution in [1.29, 1.82) is 0 Å². The van der Waals surface area contributed by atoms with E-state index in [9.17, 15) is 0 Å². The van der Waals surface area contributed by atoms with Crippen LogP contribution in [0.5, 0.6) is 0 Å². The molecule has 0 aromatic carbocycles. The fraction of sp³-hybridized carbons (Fsp3) is 0.917. The van der Waals surface area contributed by atoms with E-state index in [1.165, 1.54) is 13.5 Å². The van der Waals surface area contributed by atoms with Crippen molar-refractivity contribution in [3.63, 3.8) is 0 Å². The Balaban J connectivity index is -0.000000245. The maximum absolute atomic E-state index is 8.81. The molecule has 0 aromatic rings. The third-order valence-electron chi connectivity index (χ3n) is 1.72. The summed E-state index contributed by atoms with van der Waals surface area (Å²) in [4.78, 5) is 11.2. The van der Waals surface area contributed by atoms with Crippen LogP contribution in [0.2, 0.25) is 0 Å². The Hall–Kier alpha value is -0.410. The fourth-order valence-electron chi connectivity index (χ4n) is 0.972. The Kier molecular flexibility index (Phi) is 31.3. The second kappa shape index (κ2) is 23.4. The zero-order valence-electron chi connectivity index (χ0n) is 11.4. The molecule has 0 saturated carbocycles. The molecule has 0 atom stereocenters. The minimum Gasteiger partial charge on any atom is -0.385 e. The molecular formula is C12H29NO2. The molecule has 3 heteroatoms. The smallest absolute Gasteiger partial charge is 0.116 e. The molecule has 0 amide bonds. The summed E-state index contributed by atoms with van der Waals surface area (Å²) < 4.78 is 4.95. The van der Waals surface area contributed by atoms with Gasteiger partial charge in [-0.2, -0.15) is 0 Å². The number of methoxy groups -OCH3 is 1. The van der Waals surface area contributed by atoms with Crippen molar-refractivity contribution in [1.82, 2.24) is 4.90 Å². The number of aldehydes is 1. The average molecular weight is 219 g/mol. The van der Waals surface area contributed by atoms with Crippen molar-refractivity contribution < 1.29 is 9.53 Å². The minimum absolute atomic E-state index is 0.750. The molecule has 94 valence electrons. The number of rotatable bonds is 6. The SMILES string of the molecule is CC.CC=O.CCN(CC)CCCOC. The van der Waals surface area contributed by atoms with E-state index >= 15 is 0 Å². The molecule has 0 saturated heterocycles. The highest BCUT2D eigenvalue weighted by Crippen LogP contribution is 1.89. The summed E-state index contributed by atoms with van der Waals surface area (Å²) in [6.45, 7) is 14.2. The highest BCUT2D eigenvalue weighted by molar-refractivity contribution is 5.44. The second-order valence-corrected chi connectivity index (χ2v) is 2.61. The molecule has 0 fully saturated rings. The number of carbonyl (C=O) groups is 1. The Morgan fingerprint density at radius 1 is 1.20 bits per heavy atom. The summed E-state index contributed by atoms with van der Waals surface area (Å²) in [7, 11) is 1.75. The van der Waals surface area contributed by atoms with Crippen LogP contribution in [-0.4, -0.2) is 44.5 Å². The van der Waals surface area contributed by atoms with Crippen LogP contribution in [0.4, 0.5) is 0 Å². The number of nitrogens with zero attached hydrogens (tertiary/aromatic N) is 1. The fourth-order valence-corrected chi connectivity index (χ4v) is 0.972. The molecule has 0 unspecified atom stereocenters. The van der Waals surface area contributed by atoms with E-state index in [0.717, 1.165) is 32.4 Å². The monoisotopic (exact) mass is 219 g/mol. The van der Waals surface area contributed by atoms with E-state index in [1.807, 2.05) is 13.8 Å². The summed E-state index contributed by atoms with van der Waals surface area (Å²) in [6, 6.07) is 0. The van der Waals surface area contributed by atoms with Gasteiger partial charge in [0, 0.05) is 20.3 Å².